The van der Waals surface area contributed by atoms with Crippen molar-refractivity contribution in [2.75, 3.05) is 6.61 Å². The zero-order valence-corrected chi connectivity index (χ0v) is 16.9. The van der Waals surface area contributed by atoms with Gasteiger partial charge in [0, 0.05) is 17.1 Å². The molecule has 1 amide bonds. The van der Waals surface area contributed by atoms with E-state index in [2.05, 4.69) is 10.3 Å². The van der Waals surface area contributed by atoms with Gasteiger partial charge in [0.25, 0.3) is 5.56 Å². The van der Waals surface area contributed by atoms with Gasteiger partial charge in [-0.2, -0.15) is 0 Å². The van der Waals surface area contributed by atoms with Gasteiger partial charge in [0.05, 0.1) is 12.0 Å². The van der Waals surface area contributed by atoms with E-state index in [0.717, 1.165) is 11.1 Å². The Morgan fingerprint density at radius 3 is 2.78 bits per heavy atom. The van der Waals surface area contributed by atoms with Gasteiger partial charge in [-0.1, -0.05) is 41.1 Å². The summed E-state index contributed by atoms with van der Waals surface area (Å²) >= 11 is 7.45. The molecule has 0 spiro atoms. The van der Waals surface area contributed by atoms with E-state index in [-0.39, 0.29) is 18.0 Å². The second-order valence-corrected chi connectivity index (χ2v) is 7.41. The number of rotatable bonds is 6. The number of halogens is 1. The van der Waals surface area contributed by atoms with Crippen molar-refractivity contribution in [3.63, 3.8) is 0 Å². The molecule has 0 bridgehead atoms. The number of ether oxygens (including phenoxy) is 1. The van der Waals surface area contributed by atoms with Gasteiger partial charge in [-0.25, -0.2) is 4.98 Å². The van der Waals surface area contributed by atoms with Gasteiger partial charge in [0.1, 0.15) is 17.2 Å². The van der Waals surface area contributed by atoms with E-state index in [9.17, 15) is 9.59 Å². The summed E-state index contributed by atoms with van der Waals surface area (Å²) in [6.07, 6.45) is 0. The van der Waals surface area contributed by atoms with Crippen LogP contribution < -0.4 is 15.6 Å². The summed E-state index contributed by atoms with van der Waals surface area (Å²) in [6.45, 7) is 6.17. The summed E-state index contributed by atoms with van der Waals surface area (Å²) in [4.78, 5) is 30.4. The van der Waals surface area contributed by atoms with Crippen molar-refractivity contribution in [2.45, 2.75) is 33.9 Å². The van der Waals surface area contributed by atoms with Crippen LogP contribution in [0.4, 0.5) is 0 Å². The third kappa shape index (κ3) is 3.99. The number of hydrogen-bond donors (Lipinski definition) is 1. The number of nitrogens with zero attached hydrogens (tertiary/aromatic N) is 2. The maximum absolute atomic E-state index is 12.9. The number of thiophene rings is 1. The fourth-order valence-corrected chi connectivity index (χ4v) is 4.12. The lowest BCUT2D eigenvalue weighted by Gasteiger charge is -2.11. The second-order valence-electron chi connectivity index (χ2n) is 6.05. The lowest BCUT2D eigenvalue weighted by Crippen LogP contribution is -2.33. The minimum Gasteiger partial charge on any atom is -0.484 e. The Bertz CT molecular complexity index is 1060. The fraction of sp³-hybridized carbons (Fsp3) is 0.316. The van der Waals surface area contributed by atoms with Gasteiger partial charge in [-0.05, 0) is 32.4 Å². The van der Waals surface area contributed by atoms with E-state index >= 15 is 0 Å². The average molecular weight is 406 g/mol. The zero-order chi connectivity index (χ0) is 19.6. The second kappa shape index (κ2) is 8.10. The lowest BCUT2D eigenvalue weighted by molar-refractivity contribution is -0.121. The molecule has 6 nitrogen and oxygen atoms in total. The molecule has 3 rings (SSSR count). The van der Waals surface area contributed by atoms with E-state index < -0.39 is 0 Å². The van der Waals surface area contributed by atoms with Gasteiger partial charge in [0.15, 0.2) is 5.06 Å². The predicted molar refractivity (Wildman–Crippen MR) is 108 cm³/mol. The molecule has 0 aliphatic heterocycles. The first-order chi connectivity index (χ1) is 12.9. The van der Waals surface area contributed by atoms with Crippen LogP contribution in [0, 0.1) is 13.8 Å². The van der Waals surface area contributed by atoms with Gasteiger partial charge < -0.3 is 10.1 Å². The van der Waals surface area contributed by atoms with Crippen LogP contribution in [-0.4, -0.2) is 22.1 Å². The van der Waals surface area contributed by atoms with Crippen molar-refractivity contribution in [1.29, 1.82) is 0 Å². The highest BCUT2D eigenvalue weighted by molar-refractivity contribution is 7.20. The van der Waals surface area contributed by atoms with Crippen molar-refractivity contribution in [2.24, 2.45) is 0 Å². The van der Waals surface area contributed by atoms with E-state index in [1.165, 1.54) is 15.9 Å². The normalized spacial score (nSPS) is 11.0. The molecule has 8 heteroatoms. The van der Waals surface area contributed by atoms with Gasteiger partial charge >= 0.3 is 0 Å². The van der Waals surface area contributed by atoms with Crippen LogP contribution >= 0.6 is 22.9 Å². The first-order valence-corrected chi connectivity index (χ1v) is 9.75. The molecule has 142 valence electrons. The molecule has 0 radical (unpaired) electrons. The fourth-order valence-electron chi connectivity index (χ4n) is 2.79. The minimum absolute atomic E-state index is 0.0999. The number of carbonyl (C=O) groups is 1. The summed E-state index contributed by atoms with van der Waals surface area (Å²) in [6, 6.07) is 7.30. The monoisotopic (exact) mass is 405 g/mol. The quantitative estimate of drug-likeness (QED) is 0.681. The van der Waals surface area contributed by atoms with Crippen LogP contribution in [0.2, 0.25) is 5.02 Å². The van der Waals surface area contributed by atoms with Crippen LogP contribution in [0.25, 0.3) is 10.2 Å². The molecule has 3 aromatic rings. The molecule has 0 unspecified atom stereocenters. The standard InChI is InChI=1S/C19H20ClN3O3S/c1-4-26-19-11(2)16-17(27-19)22-12(3)23(18(16)25)10-15(24)21-9-13-7-5-6-8-14(13)20/h5-8H,4,9-10H2,1-3H3,(H,21,24). The number of fused-ring (bicyclic) bond motifs is 1. The largest absolute Gasteiger partial charge is 0.484 e. The van der Waals surface area contributed by atoms with Crippen molar-refractivity contribution in [3.05, 3.63) is 56.6 Å². The number of hydrogen-bond acceptors (Lipinski definition) is 5. The average Bonchev–Trinajstić information content (AvgIpc) is 2.94. The molecule has 0 aliphatic carbocycles. The van der Waals surface area contributed by atoms with Crippen LogP contribution in [0.5, 0.6) is 5.06 Å². The third-order valence-corrected chi connectivity index (χ3v) is 5.68. The minimum atomic E-state index is -0.279. The maximum atomic E-state index is 12.9. The summed E-state index contributed by atoms with van der Waals surface area (Å²) in [5, 5.41) is 4.59. The van der Waals surface area contributed by atoms with Crippen molar-refractivity contribution >= 4 is 39.1 Å². The Labute approximate surface area is 165 Å². The van der Waals surface area contributed by atoms with Gasteiger partial charge in [-0.3, -0.25) is 14.2 Å². The molecule has 0 aliphatic rings. The Kier molecular flexibility index (Phi) is 5.82. The molecular formula is C19H20ClN3O3S. The van der Waals surface area contributed by atoms with Crippen molar-refractivity contribution in [3.8, 4) is 5.06 Å². The van der Waals surface area contributed by atoms with Gasteiger partial charge in [0.2, 0.25) is 5.91 Å². The van der Waals surface area contributed by atoms with E-state index in [0.29, 0.717) is 39.3 Å². The Morgan fingerprint density at radius 1 is 1.33 bits per heavy atom. The highest BCUT2D eigenvalue weighted by Crippen LogP contribution is 2.34. The highest BCUT2D eigenvalue weighted by atomic mass is 35.5. The lowest BCUT2D eigenvalue weighted by atomic mass is 10.2. The van der Waals surface area contributed by atoms with E-state index in [4.69, 9.17) is 16.3 Å². The van der Waals surface area contributed by atoms with Crippen molar-refractivity contribution < 1.29 is 9.53 Å². The SMILES string of the molecule is CCOc1sc2nc(C)n(CC(=O)NCc3ccccc3Cl)c(=O)c2c1C. The third-order valence-electron chi connectivity index (χ3n) is 4.21. The number of nitrogens with one attached hydrogen (secondary N) is 1. The number of aromatic nitrogens is 2. The Morgan fingerprint density at radius 2 is 2.07 bits per heavy atom. The van der Waals surface area contributed by atoms with Crippen LogP contribution in [-0.2, 0) is 17.9 Å². The maximum Gasteiger partial charge on any atom is 0.263 e. The molecule has 0 atom stereocenters. The predicted octanol–water partition coefficient (Wildman–Crippen LogP) is 3.44. The van der Waals surface area contributed by atoms with E-state index in [1.54, 1.807) is 13.0 Å². The van der Waals surface area contributed by atoms with Crippen LogP contribution in [0.15, 0.2) is 29.1 Å². The molecule has 0 saturated carbocycles. The molecule has 1 aromatic carbocycles. The molecular weight excluding hydrogens is 386 g/mol. The van der Waals surface area contributed by atoms with Gasteiger partial charge in [-0.15, -0.1) is 0 Å². The molecule has 0 fully saturated rings. The topological polar surface area (TPSA) is 73.2 Å². The molecule has 1 N–H and O–H groups in total. The number of benzene rings is 1. The summed E-state index contributed by atoms with van der Waals surface area (Å²) in [7, 11) is 0. The number of amides is 1. The van der Waals surface area contributed by atoms with E-state index in [1.807, 2.05) is 32.0 Å². The van der Waals surface area contributed by atoms with Crippen LogP contribution in [0.1, 0.15) is 23.9 Å². The number of aryl methyl sites for hydroxylation is 2. The Balaban J connectivity index is 1.84. The first kappa shape index (κ1) is 19.4. The highest BCUT2D eigenvalue weighted by Gasteiger charge is 2.18. The number of carbonyl (C=O) groups excluding carboxylic acids is 1. The molecule has 2 aromatic heterocycles. The summed E-state index contributed by atoms with van der Waals surface area (Å²) in [5.41, 5.74) is 1.35. The molecule has 0 saturated heterocycles. The Hall–Kier alpha value is -2.38. The smallest absolute Gasteiger partial charge is 0.263 e. The molecule has 2 heterocycles. The zero-order valence-electron chi connectivity index (χ0n) is 15.3. The first-order valence-electron chi connectivity index (χ1n) is 8.55. The molecule has 27 heavy (non-hydrogen) atoms. The summed E-state index contributed by atoms with van der Waals surface area (Å²) < 4.78 is 6.96. The summed E-state index contributed by atoms with van der Waals surface area (Å²) in [5.74, 6) is 0.212. The van der Waals surface area contributed by atoms with Crippen molar-refractivity contribution in [1.82, 2.24) is 14.9 Å². The van der Waals surface area contributed by atoms with Crippen LogP contribution in [0.3, 0.4) is 0 Å².